The van der Waals surface area contributed by atoms with Crippen LogP contribution in [0.5, 0.6) is 0 Å². The Morgan fingerprint density at radius 1 is 1.10 bits per heavy atom. The van der Waals surface area contributed by atoms with E-state index in [0.29, 0.717) is 23.4 Å². The molecule has 0 bridgehead atoms. The summed E-state index contributed by atoms with van der Waals surface area (Å²) in [6.45, 7) is 0.304. The second-order valence-electron chi connectivity index (χ2n) is 4.49. The summed E-state index contributed by atoms with van der Waals surface area (Å²) >= 11 is 0. The number of ether oxygens (including phenoxy) is 1. The minimum absolute atomic E-state index is 0.205. The van der Waals surface area contributed by atoms with Crippen LogP contribution in [0.1, 0.15) is 6.42 Å². The predicted molar refractivity (Wildman–Crippen MR) is 76.9 cm³/mol. The Balaban J connectivity index is 2.29. The SMILES string of the molecule is COCCC(=O)Nc1ccc(F)cc1-c1ccc(F)cc1. The van der Waals surface area contributed by atoms with Gasteiger partial charge in [-0.1, -0.05) is 12.1 Å². The summed E-state index contributed by atoms with van der Waals surface area (Å²) in [7, 11) is 1.51. The zero-order chi connectivity index (χ0) is 15.2. The smallest absolute Gasteiger partial charge is 0.226 e. The molecule has 2 aromatic rings. The van der Waals surface area contributed by atoms with Crippen molar-refractivity contribution >= 4 is 11.6 Å². The van der Waals surface area contributed by atoms with Crippen LogP contribution in [0.2, 0.25) is 0 Å². The van der Waals surface area contributed by atoms with Crippen LogP contribution in [0, 0.1) is 11.6 Å². The van der Waals surface area contributed by atoms with Crippen molar-refractivity contribution in [2.75, 3.05) is 19.0 Å². The highest BCUT2D eigenvalue weighted by molar-refractivity contribution is 5.95. The molecule has 21 heavy (non-hydrogen) atoms. The average molecular weight is 291 g/mol. The zero-order valence-corrected chi connectivity index (χ0v) is 11.5. The second kappa shape index (κ2) is 6.95. The lowest BCUT2D eigenvalue weighted by atomic mass is 10.0. The number of nitrogens with one attached hydrogen (secondary N) is 1. The van der Waals surface area contributed by atoms with E-state index in [4.69, 9.17) is 4.74 Å². The van der Waals surface area contributed by atoms with Crippen molar-refractivity contribution in [2.24, 2.45) is 0 Å². The average Bonchev–Trinajstić information content (AvgIpc) is 2.48. The van der Waals surface area contributed by atoms with E-state index in [9.17, 15) is 13.6 Å². The van der Waals surface area contributed by atoms with Gasteiger partial charge in [-0.25, -0.2) is 8.78 Å². The summed E-state index contributed by atoms with van der Waals surface area (Å²) in [6.07, 6.45) is 0.205. The maximum absolute atomic E-state index is 13.4. The van der Waals surface area contributed by atoms with Crippen molar-refractivity contribution < 1.29 is 18.3 Å². The number of methoxy groups -OCH3 is 1. The van der Waals surface area contributed by atoms with Gasteiger partial charge < -0.3 is 10.1 Å². The molecule has 110 valence electrons. The van der Waals surface area contributed by atoms with Crippen LogP contribution in [0.3, 0.4) is 0 Å². The Morgan fingerprint density at radius 3 is 2.43 bits per heavy atom. The van der Waals surface area contributed by atoms with E-state index in [0.717, 1.165) is 0 Å². The minimum Gasteiger partial charge on any atom is -0.384 e. The highest BCUT2D eigenvalue weighted by Gasteiger charge is 2.10. The van der Waals surface area contributed by atoms with Crippen molar-refractivity contribution in [3.05, 3.63) is 54.1 Å². The third-order valence-electron chi connectivity index (χ3n) is 2.94. The first-order valence-corrected chi connectivity index (χ1v) is 6.44. The van der Waals surface area contributed by atoms with Gasteiger partial charge in [0.05, 0.1) is 13.0 Å². The number of carbonyl (C=O) groups excluding carboxylic acids is 1. The summed E-state index contributed by atoms with van der Waals surface area (Å²) in [6, 6.07) is 9.70. The van der Waals surface area contributed by atoms with Gasteiger partial charge in [0, 0.05) is 18.4 Å². The summed E-state index contributed by atoms with van der Waals surface area (Å²) in [5, 5.41) is 2.71. The van der Waals surface area contributed by atoms with E-state index >= 15 is 0 Å². The van der Waals surface area contributed by atoms with Gasteiger partial charge in [0.1, 0.15) is 11.6 Å². The molecule has 0 aromatic heterocycles. The van der Waals surface area contributed by atoms with E-state index in [-0.39, 0.29) is 18.1 Å². The van der Waals surface area contributed by atoms with Crippen molar-refractivity contribution in [1.82, 2.24) is 0 Å². The number of anilines is 1. The van der Waals surface area contributed by atoms with Gasteiger partial charge in [0.25, 0.3) is 0 Å². The molecule has 0 atom stereocenters. The third-order valence-corrected chi connectivity index (χ3v) is 2.94. The van der Waals surface area contributed by atoms with Gasteiger partial charge in [-0.15, -0.1) is 0 Å². The van der Waals surface area contributed by atoms with Crippen LogP contribution in [0.4, 0.5) is 14.5 Å². The van der Waals surface area contributed by atoms with Gasteiger partial charge in [-0.3, -0.25) is 4.79 Å². The molecular weight excluding hydrogens is 276 g/mol. The lowest BCUT2D eigenvalue weighted by Crippen LogP contribution is -2.14. The molecule has 5 heteroatoms. The molecule has 2 aromatic carbocycles. The summed E-state index contributed by atoms with van der Waals surface area (Å²) in [4.78, 5) is 11.7. The Labute approximate surface area is 121 Å². The van der Waals surface area contributed by atoms with Crippen molar-refractivity contribution in [2.45, 2.75) is 6.42 Å². The number of halogens is 2. The molecule has 0 radical (unpaired) electrons. The Morgan fingerprint density at radius 2 is 1.76 bits per heavy atom. The predicted octanol–water partition coefficient (Wildman–Crippen LogP) is 3.61. The molecule has 0 aliphatic carbocycles. The lowest BCUT2D eigenvalue weighted by Gasteiger charge is -2.11. The molecule has 1 amide bonds. The van der Waals surface area contributed by atoms with Crippen LogP contribution in [0.25, 0.3) is 11.1 Å². The van der Waals surface area contributed by atoms with E-state index in [2.05, 4.69) is 5.32 Å². The van der Waals surface area contributed by atoms with Crippen molar-refractivity contribution in [1.29, 1.82) is 0 Å². The van der Waals surface area contributed by atoms with Crippen LogP contribution in [0.15, 0.2) is 42.5 Å². The molecule has 0 saturated carbocycles. The molecule has 1 N–H and O–H groups in total. The topological polar surface area (TPSA) is 38.3 Å². The highest BCUT2D eigenvalue weighted by atomic mass is 19.1. The van der Waals surface area contributed by atoms with Crippen LogP contribution < -0.4 is 5.32 Å². The van der Waals surface area contributed by atoms with Gasteiger partial charge >= 0.3 is 0 Å². The monoisotopic (exact) mass is 291 g/mol. The van der Waals surface area contributed by atoms with Crippen LogP contribution in [-0.2, 0) is 9.53 Å². The number of benzene rings is 2. The third kappa shape index (κ3) is 4.10. The first-order chi connectivity index (χ1) is 10.1. The molecule has 2 rings (SSSR count). The minimum atomic E-state index is -0.427. The first-order valence-electron chi connectivity index (χ1n) is 6.44. The van der Waals surface area contributed by atoms with E-state index in [1.54, 1.807) is 0 Å². The number of amides is 1. The Kier molecular flexibility index (Phi) is 5.00. The maximum atomic E-state index is 13.4. The van der Waals surface area contributed by atoms with Gasteiger partial charge in [0.2, 0.25) is 5.91 Å². The molecule has 0 heterocycles. The van der Waals surface area contributed by atoms with E-state index in [1.807, 2.05) is 0 Å². The van der Waals surface area contributed by atoms with E-state index in [1.165, 1.54) is 49.6 Å². The first kappa shape index (κ1) is 15.1. The standard InChI is InChI=1S/C16H15F2NO2/c1-21-9-8-16(20)19-15-7-6-13(18)10-14(15)11-2-4-12(17)5-3-11/h2-7,10H,8-9H2,1H3,(H,19,20). The molecule has 0 spiro atoms. The van der Waals surface area contributed by atoms with Gasteiger partial charge in [-0.2, -0.15) is 0 Å². The van der Waals surface area contributed by atoms with E-state index < -0.39 is 5.82 Å². The Bertz CT molecular complexity index is 627. The largest absolute Gasteiger partial charge is 0.384 e. The van der Waals surface area contributed by atoms with Crippen molar-refractivity contribution in [3.63, 3.8) is 0 Å². The highest BCUT2D eigenvalue weighted by Crippen LogP contribution is 2.29. The summed E-state index contributed by atoms with van der Waals surface area (Å²) in [5.41, 5.74) is 1.60. The van der Waals surface area contributed by atoms with Crippen molar-refractivity contribution in [3.8, 4) is 11.1 Å². The second-order valence-corrected chi connectivity index (χ2v) is 4.49. The molecular formula is C16H15F2NO2. The quantitative estimate of drug-likeness (QED) is 0.914. The zero-order valence-electron chi connectivity index (χ0n) is 11.5. The molecule has 0 unspecified atom stereocenters. The Hall–Kier alpha value is -2.27. The number of hydrogen-bond acceptors (Lipinski definition) is 2. The fraction of sp³-hybridized carbons (Fsp3) is 0.188. The van der Waals surface area contributed by atoms with Crippen LogP contribution in [-0.4, -0.2) is 19.6 Å². The normalized spacial score (nSPS) is 10.4. The maximum Gasteiger partial charge on any atom is 0.226 e. The van der Waals surface area contributed by atoms with Gasteiger partial charge in [-0.05, 0) is 35.9 Å². The lowest BCUT2D eigenvalue weighted by molar-refractivity contribution is -0.117. The van der Waals surface area contributed by atoms with Gasteiger partial charge in [0.15, 0.2) is 0 Å². The summed E-state index contributed by atoms with van der Waals surface area (Å²) < 4.78 is 31.3. The summed E-state index contributed by atoms with van der Waals surface area (Å²) in [5.74, 6) is -1.03. The molecule has 3 nitrogen and oxygen atoms in total. The molecule has 0 fully saturated rings. The molecule has 0 aliphatic rings. The number of hydrogen-bond donors (Lipinski definition) is 1. The number of rotatable bonds is 5. The molecule has 0 saturated heterocycles. The fourth-order valence-electron chi connectivity index (χ4n) is 1.90. The molecule has 0 aliphatic heterocycles. The van der Waals surface area contributed by atoms with Crippen LogP contribution >= 0.6 is 0 Å². The fourth-order valence-corrected chi connectivity index (χ4v) is 1.90. The number of carbonyl (C=O) groups is 1.